The van der Waals surface area contributed by atoms with Gasteiger partial charge < -0.3 is 33.8 Å². The number of hydrogen-bond acceptors (Lipinski definition) is 15. The second-order valence-electron chi connectivity index (χ2n) is 27.4. The summed E-state index contributed by atoms with van der Waals surface area (Å²) >= 11 is 0. The molecule has 3 unspecified atom stereocenters. The van der Waals surface area contributed by atoms with E-state index in [2.05, 4.69) is 41.5 Å². The highest BCUT2D eigenvalue weighted by Crippen LogP contribution is 2.45. The predicted molar refractivity (Wildman–Crippen MR) is 377 cm³/mol. The molecule has 3 N–H and O–H groups in total. The van der Waals surface area contributed by atoms with Crippen molar-refractivity contribution in [3.8, 4) is 0 Å². The summed E-state index contributed by atoms with van der Waals surface area (Å²) in [6.07, 6.45) is 52.6. The number of carbonyl (C=O) groups is 4. The Balaban J connectivity index is 5.24. The molecule has 0 aliphatic carbocycles. The fourth-order valence-electron chi connectivity index (χ4n) is 11.3. The van der Waals surface area contributed by atoms with Crippen molar-refractivity contribution in [1.29, 1.82) is 0 Å². The Bertz CT molecular complexity index is 1810. The van der Waals surface area contributed by atoms with Crippen molar-refractivity contribution in [3.05, 3.63) is 0 Å². The minimum Gasteiger partial charge on any atom is -0.462 e. The van der Waals surface area contributed by atoms with E-state index in [1.165, 1.54) is 193 Å². The second kappa shape index (κ2) is 66.0. The molecule has 0 saturated heterocycles. The van der Waals surface area contributed by atoms with Crippen molar-refractivity contribution in [1.82, 2.24) is 0 Å². The number of rotatable bonds is 73. The standard InChI is InChI=1S/C74H144O17P2/c1-7-10-12-14-16-18-20-21-22-26-30-33-37-44-50-56-71(76)84-62-69(90-74(79)59-53-47-39-35-31-27-24-23-25-29-32-36-42-48-54-66(4)5)64-88-92(80,81)86-60-68(75)61-87-93(82,83)89-65-70(63-85-72(77)57-51-45-41-40-43-49-55-67(6)9-3)91-73(78)58-52-46-38-34-28-19-17-15-13-11-8-2/h66-70,75H,7-65H2,1-6H3,(H,80,81)(H,82,83)/t67?,68-,69-,70-/m1/s1. The van der Waals surface area contributed by atoms with E-state index in [0.717, 1.165) is 108 Å². The van der Waals surface area contributed by atoms with Crippen LogP contribution >= 0.6 is 15.6 Å². The molecule has 0 aromatic rings. The van der Waals surface area contributed by atoms with Crippen LogP contribution in [0.2, 0.25) is 0 Å². The number of aliphatic hydroxyl groups is 1. The Morgan fingerprint density at radius 2 is 0.548 bits per heavy atom. The van der Waals surface area contributed by atoms with Gasteiger partial charge in [0.2, 0.25) is 0 Å². The molecular formula is C74H144O17P2. The van der Waals surface area contributed by atoms with E-state index in [4.69, 9.17) is 37.0 Å². The number of phosphoric ester groups is 2. The maximum absolute atomic E-state index is 13.1. The van der Waals surface area contributed by atoms with Crippen molar-refractivity contribution in [2.24, 2.45) is 11.8 Å². The summed E-state index contributed by atoms with van der Waals surface area (Å²) < 4.78 is 68.4. The number of phosphoric acid groups is 2. The zero-order valence-corrected chi connectivity index (χ0v) is 62.3. The van der Waals surface area contributed by atoms with Crippen LogP contribution in [-0.4, -0.2) is 96.7 Å². The highest BCUT2D eigenvalue weighted by Gasteiger charge is 2.30. The van der Waals surface area contributed by atoms with E-state index in [9.17, 15) is 43.2 Å². The van der Waals surface area contributed by atoms with E-state index in [1.54, 1.807) is 0 Å². The lowest BCUT2D eigenvalue weighted by Crippen LogP contribution is -2.30. The first-order valence-corrected chi connectivity index (χ1v) is 41.5. The molecule has 0 aliphatic heterocycles. The summed E-state index contributed by atoms with van der Waals surface area (Å²) in [7, 11) is -9.91. The number of unbranched alkanes of at least 4 members (excludes halogenated alkanes) is 42. The lowest BCUT2D eigenvalue weighted by molar-refractivity contribution is -0.161. The molecule has 0 radical (unpaired) electrons. The molecule has 17 nitrogen and oxygen atoms in total. The zero-order valence-electron chi connectivity index (χ0n) is 60.6. The number of hydrogen-bond donors (Lipinski definition) is 3. The molecule has 0 bridgehead atoms. The third kappa shape index (κ3) is 67.0. The quantitative estimate of drug-likeness (QED) is 0.0222. The number of esters is 4. The maximum Gasteiger partial charge on any atom is 0.472 e. The fraction of sp³-hybridized carbons (Fsp3) is 0.946. The van der Waals surface area contributed by atoms with E-state index >= 15 is 0 Å². The topological polar surface area (TPSA) is 237 Å². The van der Waals surface area contributed by atoms with Crippen LogP contribution in [0.4, 0.5) is 0 Å². The first-order valence-electron chi connectivity index (χ1n) is 38.5. The van der Waals surface area contributed by atoms with Gasteiger partial charge in [-0.3, -0.25) is 37.3 Å². The van der Waals surface area contributed by atoms with Gasteiger partial charge in [0.05, 0.1) is 26.4 Å². The molecule has 0 rings (SSSR count). The molecule has 0 aliphatic rings. The van der Waals surface area contributed by atoms with Crippen LogP contribution in [0.5, 0.6) is 0 Å². The molecule has 0 aromatic heterocycles. The molecule has 93 heavy (non-hydrogen) atoms. The Labute approximate surface area is 568 Å². The molecule has 0 fully saturated rings. The van der Waals surface area contributed by atoms with Gasteiger partial charge in [0, 0.05) is 25.7 Å². The van der Waals surface area contributed by atoms with E-state index < -0.39 is 97.5 Å². The van der Waals surface area contributed by atoms with Gasteiger partial charge in [0.15, 0.2) is 12.2 Å². The smallest absolute Gasteiger partial charge is 0.462 e. The van der Waals surface area contributed by atoms with E-state index in [0.29, 0.717) is 25.7 Å². The molecule has 6 atom stereocenters. The van der Waals surface area contributed by atoms with Gasteiger partial charge in [-0.05, 0) is 37.5 Å². The molecular weight excluding hydrogens is 1220 g/mol. The van der Waals surface area contributed by atoms with Gasteiger partial charge in [-0.2, -0.15) is 0 Å². The lowest BCUT2D eigenvalue weighted by Gasteiger charge is -2.21. The molecule has 0 saturated carbocycles. The molecule has 0 aromatic carbocycles. The van der Waals surface area contributed by atoms with Crippen molar-refractivity contribution in [3.63, 3.8) is 0 Å². The fourth-order valence-corrected chi connectivity index (χ4v) is 12.8. The monoisotopic (exact) mass is 1370 g/mol. The summed E-state index contributed by atoms with van der Waals surface area (Å²) in [4.78, 5) is 72.7. The highest BCUT2D eigenvalue weighted by atomic mass is 31.2. The van der Waals surface area contributed by atoms with Crippen LogP contribution in [0.1, 0.15) is 382 Å². The second-order valence-corrected chi connectivity index (χ2v) is 30.3. The Hall–Kier alpha value is -1.94. The Morgan fingerprint density at radius 1 is 0.312 bits per heavy atom. The van der Waals surface area contributed by atoms with Gasteiger partial charge in [-0.15, -0.1) is 0 Å². The summed E-state index contributed by atoms with van der Waals surface area (Å²) in [5.41, 5.74) is 0. The molecule has 19 heteroatoms. The first-order chi connectivity index (χ1) is 44.9. The van der Waals surface area contributed by atoms with Crippen LogP contribution in [0, 0.1) is 11.8 Å². The lowest BCUT2D eigenvalue weighted by atomic mass is 10.00. The van der Waals surface area contributed by atoms with Gasteiger partial charge in [-0.25, -0.2) is 9.13 Å². The summed E-state index contributed by atoms with van der Waals surface area (Å²) in [5.74, 6) is -0.591. The minimum absolute atomic E-state index is 0.106. The summed E-state index contributed by atoms with van der Waals surface area (Å²) in [5, 5.41) is 10.6. The van der Waals surface area contributed by atoms with Crippen LogP contribution in [0.25, 0.3) is 0 Å². The first kappa shape index (κ1) is 91.1. The van der Waals surface area contributed by atoms with E-state index in [-0.39, 0.29) is 25.7 Å². The van der Waals surface area contributed by atoms with Crippen molar-refractivity contribution < 1.29 is 80.2 Å². The SMILES string of the molecule is CCCCCCCCCCCCCCCCCC(=O)OC[C@H](COP(=O)(O)OC[C@@H](O)COP(=O)(O)OC[C@@H](COC(=O)CCCCCCCCC(C)CC)OC(=O)CCCCCCCCCCCCC)OC(=O)CCCCCCCCCCCCCCCCC(C)C. The van der Waals surface area contributed by atoms with Crippen molar-refractivity contribution in [2.45, 2.75) is 400 Å². The normalized spacial score (nSPS) is 14.3. The van der Waals surface area contributed by atoms with Gasteiger partial charge in [-0.1, -0.05) is 330 Å². The molecule has 0 heterocycles. The Morgan fingerprint density at radius 3 is 0.817 bits per heavy atom. The van der Waals surface area contributed by atoms with Crippen LogP contribution in [0.3, 0.4) is 0 Å². The van der Waals surface area contributed by atoms with Crippen LogP contribution in [-0.2, 0) is 65.4 Å². The average molecular weight is 1370 g/mol. The number of aliphatic hydroxyl groups excluding tert-OH is 1. The minimum atomic E-state index is -4.96. The third-order valence-electron chi connectivity index (χ3n) is 17.6. The average Bonchev–Trinajstić information content (AvgIpc) is 3.46. The Kier molecular flexibility index (Phi) is 64.6. The molecule has 552 valence electrons. The van der Waals surface area contributed by atoms with Crippen molar-refractivity contribution >= 4 is 39.5 Å². The van der Waals surface area contributed by atoms with Crippen molar-refractivity contribution in [2.75, 3.05) is 39.6 Å². The summed E-state index contributed by atoms with van der Waals surface area (Å²) in [6, 6.07) is 0. The van der Waals surface area contributed by atoms with Gasteiger partial charge in [0.25, 0.3) is 0 Å². The van der Waals surface area contributed by atoms with Crippen LogP contribution in [0.15, 0.2) is 0 Å². The number of ether oxygens (including phenoxy) is 4. The zero-order chi connectivity index (χ0) is 68.6. The van der Waals surface area contributed by atoms with Gasteiger partial charge >= 0.3 is 39.5 Å². The molecule has 0 amide bonds. The molecule has 0 spiro atoms. The van der Waals surface area contributed by atoms with E-state index in [1.807, 2.05) is 0 Å². The predicted octanol–water partition coefficient (Wildman–Crippen LogP) is 21.6. The van der Waals surface area contributed by atoms with Gasteiger partial charge in [0.1, 0.15) is 19.3 Å². The summed E-state index contributed by atoms with van der Waals surface area (Å²) in [6.45, 7) is 9.56. The van der Waals surface area contributed by atoms with Crippen LogP contribution < -0.4 is 0 Å². The third-order valence-corrected chi connectivity index (χ3v) is 19.5. The maximum atomic E-state index is 13.1. The largest absolute Gasteiger partial charge is 0.472 e. The highest BCUT2D eigenvalue weighted by molar-refractivity contribution is 7.47. The number of carbonyl (C=O) groups excluding carboxylic acids is 4.